The number of methoxy groups -OCH3 is 1. The number of carbonyl (C=O) groups excluding carboxylic acids is 3. The molecule has 0 spiro atoms. The van der Waals surface area contributed by atoms with E-state index in [-0.39, 0.29) is 17.3 Å². The van der Waals surface area contributed by atoms with Crippen molar-refractivity contribution in [2.24, 2.45) is 0 Å². The number of amides is 2. The van der Waals surface area contributed by atoms with Crippen LogP contribution in [-0.2, 0) is 9.47 Å². The van der Waals surface area contributed by atoms with Crippen molar-refractivity contribution >= 4 is 29.3 Å². The van der Waals surface area contributed by atoms with Crippen LogP contribution in [0.15, 0.2) is 9.80 Å². The third-order valence-corrected chi connectivity index (χ3v) is 4.80. The summed E-state index contributed by atoms with van der Waals surface area (Å²) in [5.74, 6) is -0.575. The third-order valence-electron chi connectivity index (χ3n) is 3.77. The van der Waals surface area contributed by atoms with Gasteiger partial charge in [-0.05, 0) is 41.5 Å². The number of oxazole rings is 1. The number of rotatable bonds is 6. The molecule has 10 nitrogen and oxygen atoms in total. The molecule has 2 amide bonds. The summed E-state index contributed by atoms with van der Waals surface area (Å²) < 4.78 is 15.3. The molecule has 2 N–H and O–H groups in total. The molecule has 0 aliphatic heterocycles. The molecular formula is C19H26N4O6S. The number of alkyl carbamates (subject to hydrolysis) is 1. The van der Waals surface area contributed by atoms with E-state index in [4.69, 9.17) is 9.15 Å². The molecular weight excluding hydrogens is 412 g/mol. The number of nitrogens with zero attached hydrogens (tertiary/aromatic N) is 2. The van der Waals surface area contributed by atoms with Crippen molar-refractivity contribution in [3.63, 3.8) is 0 Å². The fraction of sp³-hybridized carbons (Fsp3) is 0.526. The normalized spacial score (nSPS) is 13.3. The molecule has 30 heavy (non-hydrogen) atoms. The van der Waals surface area contributed by atoms with Crippen LogP contribution in [0.25, 0.3) is 0 Å². The van der Waals surface area contributed by atoms with Crippen LogP contribution in [0.5, 0.6) is 0 Å². The first-order chi connectivity index (χ1) is 13.9. The molecule has 0 radical (unpaired) electrons. The van der Waals surface area contributed by atoms with Crippen molar-refractivity contribution in [3.05, 3.63) is 33.4 Å². The van der Waals surface area contributed by atoms with Crippen LogP contribution in [0.2, 0.25) is 0 Å². The quantitative estimate of drug-likeness (QED) is 0.657. The molecule has 2 aromatic rings. The maximum atomic E-state index is 12.5. The van der Waals surface area contributed by atoms with E-state index in [0.29, 0.717) is 10.8 Å². The molecule has 2 rings (SSSR count). The highest BCUT2D eigenvalue weighted by atomic mass is 32.1. The molecule has 0 saturated carbocycles. The van der Waals surface area contributed by atoms with E-state index in [1.165, 1.54) is 18.4 Å². The Morgan fingerprint density at radius 1 is 1.13 bits per heavy atom. The Labute approximate surface area is 178 Å². The molecule has 0 aliphatic carbocycles. The van der Waals surface area contributed by atoms with Gasteiger partial charge in [-0.2, -0.15) is 0 Å². The number of esters is 1. The van der Waals surface area contributed by atoms with E-state index in [1.807, 2.05) is 0 Å². The maximum Gasteiger partial charge on any atom is 0.408 e. The number of carbonyl (C=O) groups is 3. The maximum absolute atomic E-state index is 12.5. The van der Waals surface area contributed by atoms with Gasteiger partial charge in [0.05, 0.1) is 13.2 Å². The first-order valence-electron chi connectivity index (χ1n) is 9.22. The predicted octanol–water partition coefficient (Wildman–Crippen LogP) is 3.30. The van der Waals surface area contributed by atoms with Gasteiger partial charge in [0.2, 0.25) is 5.89 Å². The third kappa shape index (κ3) is 6.02. The number of ether oxygens (including phenoxy) is 2. The molecule has 0 saturated heterocycles. The monoisotopic (exact) mass is 438 g/mol. The van der Waals surface area contributed by atoms with Gasteiger partial charge in [0.25, 0.3) is 5.91 Å². The Hall–Kier alpha value is -2.95. The van der Waals surface area contributed by atoms with Crippen LogP contribution in [0.1, 0.15) is 84.3 Å². The summed E-state index contributed by atoms with van der Waals surface area (Å²) >= 11 is 1.24. The van der Waals surface area contributed by atoms with Gasteiger partial charge >= 0.3 is 12.1 Å². The average Bonchev–Trinajstić information content (AvgIpc) is 3.26. The zero-order valence-electron chi connectivity index (χ0n) is 18.0. The zero-order valence-corrected chi connectivity index (χ0v) is 18.8. The van der Waals surface area contributed by atoms with Crippen molar-refractivity contribution in [1.29, 1.82) is 0 Å². The Balaban J connectivity index is 2.01. The summed E-state index contributed by atoms with van der Waals surface area (Å²) in [5, 5.41) is 7.54. The summed E-state index contributed by atoms with van der Waals surface area (Å²) in [4.78, 5) is 44.4. The Kier molecular flexibility index (Phi) is 7.19. The topological polar surface area (TPSA) is 133 Å². The van der Waals surface area contributed by atoms with Gasteiger partial charge in [-0.25, -0.2) is 19.6 Å². The first-order valence-corrected chi connectivity index (χ1v) is 10.1. The summed E-state index contributed by atoms with van der Waals surface area (Å²) in [6.45, 7) is 10.3. The van der Waals surface area contributed by atoms with Crippen LogP contribution < -0.4 is 10.6 Å². The molecule has 0 fully saturated rings. The number of thiazole rings is 1. The fourth-order valence-electron chi connectivity index (χ4n) is 2.36. The van der Waals surface area contributed by atoms with Crippen LogP contribution in [0.4, 0.5) is 4.79 Å². The molecule has 11 heteroatoms. The van der Waals surface area contributed by atoms with Gasteiger partial charge in [0.1, 0.15) is 28.1 Å². The van der Waals surface area contributed by atoms with Crippen LogP contribution in [0.3, 0.4) is 0 Å². The van der Waals surface area contributed by atoms with Gasteiger partial charge in [-0.1, -0.05) is 0 Å². The van der Waals surface area contributed by atoms with Gasteiger partial charge in [-0.15, -0.1) is 11.3 Å². The fourth-order valence-corrected chi connectivity index (χ4v) is 3.16. The van der Waals surface area contributed by atoms with E-state index >= 15 is 0 Å². The van der Waals surface area contributed by atoms with Gasteiger partial charge in [-0.3, -0.25) is 4.79 Å². The van der Waals surface area contributed by atoms with Crippen LogP contribution in [0, 0.1) is 6.92 Å². The minimum absolute atomic E-state index is 0.0617. The second-order valence-corrected chi connectivity index (χ2v) is 8.47. The molecule has 0 aromatic carbocycles. The lowest BCUT2D eigenvalue weighted by molar-refractivity contribution is 0.0506. The standard InChI is InChI=1S/C19H26N4O6S/c1-9(15-23-13(11(3)28-15)17(25)27-7)20-14(24)12-8-30-16(22-12)10(2)21-18(26)29-19(4,5)6/h8-10H,1-7H3,(H,20,24)(H,21,26)/t9-,10-/m1/s1. The van der Waals surface area contributed by atoms with Gasteiger partial charge < -0.3 is 24.5 Å². The van der Waals surface area contributed by atoms with Crippen molar-refractivity contribution in [3.8, 4) is 0 Å². The lowest BCUT2D eigenvalue weighted by atomic mass is 10.2. The van der Waals surface area contributed by atoms with E-state index in [0.717, 1.165) is 0 Å². The largest absolute Gasteiger partial charge is 0.464 e. The summed E-state index contributed by atoms with van der Waals surface area (Å²) in [7, 11) is 1.25. The Morgan fingerprint density at radius 3 is 2.40 bits per heavy atom. The summed E-state index contributed by atoms with van der Waals surface area (Å²) in [5.41, 5.74) is -0.359. The van der Waals surface area contributed by atoms with Crippen molar-refractivity contribution in [2.45, 2.75) is 59.2 Å². The van der Waals surface area contributed by atoms with Crippen molar-refractivity contribution in [1.82, 2.24) is 20.6 Å². The average molecular weight is 439 g/mol. The van der Waals surface area contributed by atoms with Crippen LogP contribution >= 0.6 is 11.3 Å². The number of hydrogen-bond acceptors (Lipinski definition) is 9. The summed E-state index contributed by atoms with van der Waals surface area (Å²) in [6.07, 6.45) is -0.564. The minimum Gasteiger partial charge on any atom is -0.464 e. The van der Waals surface area contributed by atoms with Gasteiger partial charge in [0.15, 0.2) is 5.69 Å². The lowest BCUT2D eigenvalue weighted by Crippen LogP contribution is -2.34. The van der Waals surface area contributed by atoms with E-state index < -0.39 is 35.7 Å². The highest BCUT2D eigenvalue weighted by Gasteiger charge is 2.24. The molecule has 0 bridgehead atoms. The smallest absolute Gasteiger partial charge is 0.408 e. The predicted molar refractivity (Wildman–Crippen MR) is 108 cm³/mol. The Morgan fingerprint density at radius 2 is 1.80 bits per heavy atom. The zero-order chi connectivity index (χ0) is 22.6. The molecule has 2 aromatic heterocycles. The number of aromatic nitrogens is 2. The molecule has 164 valence electrons. The van der Waals surface area contributed by atoms with E-state index in [1.54, 1.807) is 46.9 Å². The number of hydrogen-bond donors (Lipinski definition) is 2. The first kappa shape index (κ1) is 23.3. The SMILES string of the molecule is COC(=O)c1nc([C@@H](C)NC(=O)c2csc([C@@H](C)NC(=O)OC(C)(C)C)n2)oc1C. The second-order valence-electron chi connectivity index (χ2n) is 7.58. The molecule has 0 aliphatic rings. The van der Waals surface area contributed by atoms with Crippen molar-refractivity contribution < 1.29 is 28.3 Å². The lowest BCUT2D eigenvalue weighted by Gasteiger charge is -2.21. The van der Waals surface area contributed by atoms with Crippen LogP contribution in [-0.4, -0.2) is 40.6 Å². The molecule has 2 atom stereocenters. The molecule has 2 heterocycles. The highest BCUT2D eigenvalue weighted by molar-refractivity contribution is 7.09. The number of nitrogens with one attached hydrogen (secondary N) is 2. The highest BCUT2D eigenvalue weighted by Crippen LogP contribution is 2.21. The van der Waals surface area contributed by atoms with Crippen molar-refractivity contribution in [2.75, 3.05) is 7.11 Å². The second kappa shape index (κ2) is 9.24. The Bertz CT molecular complexity index is 930. The minimum atomic E-state index is -0.614. The summed E-state index contributed by atoms with van der Waals surface area (Å²) in [6, 6.07) is -1.03. The van der Waals surface area contributed by atoms with E-state index in [2.05, 4.69) is 25.3 Å². The molecule has 0 unspecified atom stereocenters. The van der Waals surface area contributed by atoms with E-state index in [9.17, 15) is 14.4 Å². The van der Waals surface area contributed by atoms with Gasteiger partial charge in [0, 0.05) is 5.38 Å². The number of aryl methyl sites for hydroxylation is 1.